The predicted octanol–water partition coefficient (Wildman–Crippen LogP) is 2.59. The Morgan fingerprint density at radius 2 is 2.16 bits per heavy atom. The molecule has 3 aromatic rings. The van der Waals surface area contributed by atoms with E-state index in [4.69, 9.17) is 14.2 Å². The van der Waals surface area contributed by atoms with Crippen LogP contribution in [0.4, 0.5) is 0 Å². The second-order valence-corrected chi connectivity index (χ2v) is 8.92. The maximum Gasteiger partial charge on any atom is 0.338 e. The summed E-state index contributed by atoms with van der Waals surface area (Å²) in [6.45, 7) is 3.98. The summed E-state index contributed by atoms with van der Waals surface area (Å²) in [6.07, 6.45) is 1.81. The van der Waals surface area contributed by atoms with Crippen LogP contribution in [0.2, 0.25) is 0 Å². The predicted molar refractivity (Wildman–Crippen MR) is 117 cm³/mol. The summed E-state index contributed by atoms with van der Waals surface area (Å²) in [6, 6.07) is 8.80. The highest BCUT2D eigenvalue weighted by Gasteiger charge is 2.33. The third kappa shape index (κ3) is 3.39. The molecule has 0 spiro atoms. The molecule has 0 N–H and O–H groups in total. The van der Waals surface area contributed by atoms with E-state index in [0.717, 1.165) is 10.4 Å². The molecule has 158 valence electrons. The molecular formula is C22H18N2O5S2. The van der Waals surface area contributed by atoms with Crippen LogP contribution < -0.4 is 24.4 Å². The van der Waals surface area contributed by atoms with Gasteiger partial charge in [0.1, 0.15) is 6.04 Å². The number of nitrogens with zero attached hydrogens (tertiary/aromatic N) is 2. The van der Waals surface area contributed by atoms with Crippen molar-refractivity contribution in [1.82, 2.24) is 4.57 Å². The second kappa shape index (κ2) is 7.82. The molecule has 0 saturated heterocycles. The van der Waals surface area contributed by atoms with Crippen LogP contribution >= 0.6 is 22.7 Å². The number of thiophene rings is 1. The quantitative estimate of drug-likeness (QED) is 0.567. The van der Waals surface area contributed by atoms with Gasteiger partial charge in [0.25, 0.3) is 5.56 Å². The van der Waals surface area contributed by atoms with Crippen molar-refractivity contribution in [2.24, 2.45) is 4.99 Å². The Kier molecular flexibility index (Phi) is 4.99. The van der Waals surface area contributed by atoms with E-state index in [9.17, 15) is 9.59 Å². The number of allylic oxidation sites excluding steroid dienone is 1. The van der Waals surface area contributed by atoms with Crippen LogP contribution in [0.15, 0.2) is 56.8 Å². The standard InChI is InChI=1S/C22H18N2O5S2/c1-3-27-21(26)18-12(2)23-22-24(19(18)16-5-4-8-30-16)20(25)17(31-22)10-13-6-7-14-15(9-13)29-11-28-14/h4-10,19H,3,11H2,1-2H3/b17-10+/t19-/m1/s1. The first-order chi connectivity index (χ1) is 15.1. The second-order valence-electron chi connectivity index (χ2n) is 6.93. The largest absolute Gasteiger partial charge is 0.463 e. The number of rotatable bonds is 4. The molecule has 2 aromatic heterocycles. The molecule has 4 heterocycles. The Bertz CT molecular complexity index is 1380. The molecule has 1 atom stereocenters. The van der Waals surface area contributed by atoms with Gasteiger partial charge in [0, 0.05) is 4.88 Å². The molecule has 1 aromatic carbocycles. The minimum atomic E-state index is -0.561. The summed E-state index contributed by atoms with van der Waals surface area (Å²) in [5, 5.41) is 1.93. The van der Waals surface area contributed by atoms with Gasteiger partial charge in [0.2, 0.25) is 6.79 Å². The smallest absolute Gasteiger partial charge is 0.338 e. The van der Waals surface area contributed by atoms with Crippen molar-refractivity contribution in [3.63, 3.8) is 0 Å². The van der Waals surface area contributed by atoms with Crippen LogP contribution in [-0.2, 0) is 9.53 Å². The van der Waals surface area contributed by atoms with E-state index in [2.05, 4.69) is 4.99 Å². The molecule has 31 heavy (non-hydrogen) atoms. The van der Waals surface area contributed by atoms with Gasteiger partial charge in [-0.05, 0) is 49.1 Å². The Hall–Kier alpha value is -3.17. The summed E-state index contributed by atoms with van der Waals surface area (Å²) in [7, 11) is 0. The van der Waals surface area contributed by atoms with Gasteiger partial charge < -0.3 is 14.2 Å². The van der Waals surface area contributed by atoms with Gasteiger partial charge >= 0.3 is 5.97 Å². The van der Waals surface area contributed by atoms with Crippen molar-refractivity contribution >= 4 is 34.7 Å². The average Bonchev–Trinajstić information content (AvgIpc) is 3.48. The lowest BCUT2D eigenvalue weighted by Gasteiger charge is -2.23. The lowest BCUT2D eigenvalue weighted by Crippen LogP contribution is -2.39. The first kappa shape index (κ1) is 19.8. The average molecular weight is 455 g/mol. The number of hydrogen-bond acceptors (Lipinski definition) is 8. The molecule has 0 saturated carbocycles. The zero-order valence-corrected chi connectivity index (χ0v) is 18.4. The van der Waals surface area contributed by atoms with Gasteiger partial charge in [-0.2, -0.15) is 0 Å². The minimum absolute atomic E-state index is 0.192. The van der Waals surface area contributed by atoms with E-state index in [0.29, 0.717) is 32.1 Å². The fraction of sp³-hybridized carbons (Fsp3) is 0.227. The molecule has 0 bridgehead atoms. The molecule has 0 unspecified atom stereocenters. The molecule has 0 radical (unpaired) electrons. The van der Waals surface area contributed by atoms with E-state index in [1.807, 2.05) is 35.7 Å². The fourth-order valence-electron chi connectivity index (χ4n) is 3.66. The topological polar surface area (TPSA) is 79.1 Å². The highest BCUT2D eigenvalue weighted by Crippen LogP contribution is 2.34. The Morgan fingerprint density at radius 3 is 2.94 bits per heavy atom. The number of benzene rings is 1. The zero-order chi connectivity index (χ0) is 21.5. The highest BCUT2D eigenvalue weighted by molar-refractivity contribution is 7.10. The van der Waals surface area contributed by atoms with Crippen LogP contribution in [-0.4, -0.2) is 23.9 Å². The fourth-order valence-corrected chi connectivity index (χ4v) is 5.53. The third-order valence-electron chi connectivity index (χ3n) is 5.02. The first-order valence-corrected chi connectivity index (χ1v) is 11.4. The van der Waals surface area contributed by atoms with E-state index in [1.54, 1.807) is 24.5 Å². The molecule has 9 heteroatoms. The summed E-state index contributed by atoms with van der Waals surface area (Å²) in [5.41, 5.74) is 1.58. The van der Waals surface area contributed by atoms with Crippen LogP contribution in [0.5, 0.6) is 11.5 Å². The van der Waals surface area contributed by atoms with Gasteiger partial charge in [-0.15, -0.1) is 11.3 Å². The van der Waals surface area contributed by atoms with Crippen molar-refractivity contribution in [2.45, 2.75) is 19.9 Å². The molecule has 0 fully saturated rings. The molecule has 2 aliphatic heterocycles. The summed E-state index contributed by atoms with van der Waals surface area (Å²) in [5.74, 6) is 0.886. The third-order valence-corrected chi connectivity index (χ3v) is 6.93. The SMILES string of the molecule is CCOC(=O)C1=C(C)N=c2s/c(=C/c3ccc4c(c3)OCO4)c(=O)n2[C@@H]1c1cccs1. The van der Waals surface area contributed by atoms with Crippen LogP contribution in [0.25, 0.3) is 6.08 Å². The number of aromatic nitrogens is 1. The number of thiazole rings is 1. The number of carbonyl (C=O) groups excluding carboxylic acids is 1. The first-order valence-electron chi connectivity index (χ1n) is 9.69. The van der Waals surface area contributed by atoms with Gasteiger partial charge in [-0.1, -0.05) is 23.5 Å². The molecule has 7 nitrogen and oxygen atoms in total. The molecular weight excluding hydrogens is 436 g/mol. The normalized spacial score (nSPS) is 17.5. The molecule has 5 rings (SSSR count). The van der Waals surface area contributed by atoms with Crippen LogP contribution in [0.3, 0.4) is 0 Å². The molecule has 2 aliphatic rings. The number of ether oxygens (including phenoxy) is 3. The number of hydrogen-bond donors (Lipinski definition) is 0. The Balaban J connectivity index is 1.68. The van der Waals surface area contributed by atoms with Gasteiger partial charge in [0.15, 0.2) is 16.3 Å². The van der Waals surface area contributed by atoms with Crippen LogP contribution in [0.1, 0.15) is 30.3 Å². The van der Waals surface area contributed by atoms with Crippen molar-refractivity contribution in [2.75, 3.05) is 13.4 Å². The van der Waals surface area contributed by atoms with Gasteiger partial charge in [-0.25, -0.2) is 9.79 Å². The number of carbonyl (C=O) groups is 1. The maximum absolute atomic E-state index is 13.4. The Morgan fingerprint density at radius 1 is 1.32 bits per heavy atom. The Labute approximate surface area is 185 Å². The van der Waals surface area contributed by atoms with Crippen molar-refractivity contribution in [3.8, 4) is 11.5 Å². The minimum Gasteiger partial charge on any atom is -0.463 e. The van der Waals surface area contributed by atoms with E-state index < -0.39 is 12.0 Å². The number of fused-ring (bicyclic) bond motifs is 2. The highest BCUT2D eigenvalue weighted by atomic mass is 32.1. The summed E-state index contributed by atoms with van der Waals surface area (Å²) in [4.78, 5) is 32.2. The molecule has 0 aliphatic carbocycles. The van der Waals surface area contributed by atoms with Crippen molar-refractivity contribution in [1.29, 1.82) is 0 Å². The lowest BCUT2D eigenvalue weighted by molar-refractivity contribution is -0.139. The number of esters is 1. The maximum atomic E-state index is 13.4. The van der Waals surface area contributed by atoms with E-state index in [1.165, 1.54) is 22.7 Å². The molecule has 0 amide bonds. The van der Waals surface area contributed by atoms with E-state index in [-0.39, 0.29) is 19.0 Å². The van der Waals surface area contributed by atoms with Crippen molar-refractivity contribution in [3.05, 3.63) is 77.1 Å². The lowest BCUT2D eigenvalue weighted by atomic mass is 10.0. The summed E-state index contributed by atoms with van der Waals surface area (Å²) >= 11 is 2.79. The monoisotopic (exact) mass is 454 g/mol. The van der Waals surface area contributed by atoms with Gasteiger partial charge in [-0.3, -0.25) is 9.36 Å². The van der Waals surface area contributed by atoms with E-state index >= 15 is 0 Å². The van der Waals surface area contributed by atoms with Gasteiger partial charge in [0.05, 0.1) is 22.4 Å². The zero-order valence-electron chi connectivity index (χ0n) is 16.8. The van der Waals surface area contributed by atoms with Crippen LogP contribution in [0, 0.1) is 0 Å². The summed E-state index contributed by atoms with van der Waals surface area (Å²) < 4.78 is 18.2. The van der Waals surface area contributed by atoms with Crippen molar-refractivity contribution < 1.29 is 19.0 Å².